The summed E-state index contributed by atoms with van der Waals surface area (Å²) in [6.45, 7) is 0.899. The zero-order chi connectivity index (χ0) is 19.2. The molecule has 0 heterocycles. The summed E-state index contributed by atoms with van der Waals surface area (Å²) in [5.41, 5.74) is 2.11. The van der Waals surface area contributed by atoms with Gasteiger partial charge < -0.3 is 9.64 Å². The monoisotopic (exact) mass is 372 g/mol. The molecule has 0 aromatic heterocycles. The van der Waals surface area contributed by atoms with Crippen LogP contribution in [0, 0.1) is 11.8 Å². The van der Waals surface area contributed by atoms with Crippen molar-refractivity contribution in [2.75, 3.05) is 26.0 Å². The van der Waals surface area contributed by atoms with E-state index in [1.807, 2.05) is 26.2 Å². The van der Waals surface area contributed by atoms with Gasteiger partial charge in [0.1, 0.15) is 6.10 Å². The molecule has 4 rings (SSSR count). The first-order valence-electron chi connectivity index (χ1n) is 10.7. The highest BCUT2D eigenvalue weighted by Crippen LogP contribution is 2.49. The Morgan fingerprint density at radius 1 is 0.889 bits per heavy atom. The van der Waals surface area contributed by atoms with Crippen LogP contribution in [0.3, 0.4) is 0 Å². The van der Waals surface area contributed by atoms with Crippen molar-refractivity contribution >= 4 is 11.8 Å². The summed E-state index contributed by atoms with van der Waals surface area (Å²) in [4.78, 5) is 15.9. The molecule has 1 amide bonds. The Balaban J connectivity index is 0.000000290. The predicted molar refractivity (Wildman–Crippen MR) is 111 cm³/mol. The fourth-order valence-electron chi connectivity index (χ4n) is 4.26. The van der Waals surface area contributed by atoms with Gasteiger partial charge >= 0.3 is 6.09 Å². The molecule has 3 aliphatic rings. The van der Waals surface area contributed by atoms with Crippen molar-refractivity contribution in [1.82, 2.24) is 4.90 Å². The summed E-state index contributed by atoms with van der Waals surface area (Å²) in [6, 6.07) is 8.06. The fourth-order valence-corrected chi connectivity index (χ4v) is 4.26. The molecule has 3 fully saturated rings. The number of fused-ring (bicyclic) bond motifs is 1. The van der Waals surface area contributed by atoms with E-state index < -0.39 is 0 Å². The topological polar surface area (TPSA) is 32.8 Å². The fraction of sp³-hybridized carbons (Fsp3) is 0.696. The molecular weight excluding hydrogens is 336 g/mol. The second-order valence-corrected chi connectivity index (χ2v) is 8.78. The first-order valence-corrected chi connectivity index (χ1v) is 10.7. The molecule has 1 aromatic rings. The minimum absolute atomic E-state index is 0.0988. The predicted octanol–water partition coefficient (Wildman–Crippen LogP) is 5.46. The van der Waals surface area contributed by atoms with E-state index in [0.29, 0.717) is 0 Å². The Hall–Kier alpha value is -1.55. The molecule has 0 saturated heterocycles. The summed E-state index contributed by atoms with van der Waals surface area (Å²) >= 11 is 0. The maximum Gasteiger partial charge on any atom is 0.414 e. The van der Waals surface area contributed by atoms with Crippen LogP contribution in [0.5, 0.6) is 0 Å². The van der Waals surface area contributed by atoms with Crippen LogP contribution in [0.25, 0.3) is 0 Å². The van der Waals surface area contributed by atoms with Crippen molar-refractivity contribution < 1.29 is 9.53 Å². The molecule has 1 aromatic carbocycles. The molecule has 150 valence electrons. The number of carbonyl (C=O) groups is 1. The van der Waals surface area contributed by atoms with Crippen molar-refractivity contribution in [1.29, 1.82) is 0 Å². The van der Waals surface area contributed by atoms with Crippen molar-refractivity contribution in [3.05, 3.63) is 29.8 Å². The van der Waals surface area contributed by atoms with Crippen molar-refractivity contribution in [3.63, 3.8) is 0 Å². The number of hydrogen-bond acceptors (Lipinski definition) is 3. The number of ether oxygens (including phenoxy) is 1. The third-order valence-electron chi connectivity index (χ3n) is 6.40. The van der Waals surface area contributed by atoms with E-state index in [1.165, 1.54) is 36.7 Å². The van der Waals surface area contributed by atoms with E-state index >= 15 is 0 Å². The van der Waals surface area contributed by atoms with Gasteiger partial charge in [-0.05, 0) is 95.0 Å². The summed E-state index contributed by atoms with van der Waals surface area (Å²) in [5.74, 6) is 2.43. The number of amides is 1. The second kappa shape index (κ2) is 9.59. The van der Waals surface area contributed by atoms with E-state index in [0.717, 1.165) is 25.1 Å². The van der Waals surface area contributed by atoms with Crippen LogP contribution in [0.1, 0.15) is 63.4 Å². The highest BCUT2D eigenvalue weighted by Gasteiger charge is 2.37. The van der Waals surface area contributed by atoms with E-state index in [4.69, 9.17) is 4.74 Å². The Morgan fingerprint density at radius 2 is 1.44 bits per heavy atom. The third kappa shape index (κ3) is 5.71. The largest absolute Gasteiger partial charge is 0.446 e. The number of anilines is 1. The minimum atomic E-state index is -0.248. The lowest BCUT2D eigenvalue weighted by atomic mass is 9.60. The third-order valence-corrected chi connectivity index (χ3v) is 6.40. The highest BCUT2D eigenvalue weighted by molar-refractivity contribution is 5.87. The Morgan fingerprint density at radius 3 is 1.89 bits per heavy atom. The number of hydrogen-bond donors (Lipinski definition) is 0. The van der Waals surface area contributed by atoms with Crippen LogP contribution >= 0.6 is 0 Å². The smallest absolute Gasteiger partial charge is 0.414 e. The van der Waals surface area contributed by atoms with Crippen LogP contribution in [-0.4, -0.2) is 38.2 Å². The zero-order valence-electron chi connectivity index (χ0n) is 17.3. The molecule has 0 bridgehead atoms. The van der Waals surface area contributed by atoms with Gasteiger partial charge in [0.05, 0.1) is 0 Å². The minimum Gasteiger partial charge on any atom is -0.446 e. The number of benzene rings is 1. The molecule has 27 heavy (non-hydrogen) atoms. The standard InChI is InChI=1S/C17H26N2O2.C6H10/c1-18(2)13-14-9-11-15(12-10-14)19(3)17(20)21-16-7-5-4-6-8-16;1-2-6-4-3-5(1)6/h9-12,16H,4-8,13H2,1-3H3;5-6H,1-4H2. The van der Waals surface area contributed by atoms with Gasteiger partial charge in [-0.1, -0.05) is 18.6 Å². The average molecular weight is 373 g/mol. The molecule has 0 aliphatic heterocycles. The summed E-state index contributed by atoms with van der Waals surface area (Å²) in [5, 5.41) is 0. The lowest BCUT2D eigenvalue weighted by molar-refractivity contribution is 0.0548. The van der Waals surface area contributed by atoms with E-state index in [1.54, 1.807) is 37.6 Å². The molecule has 0 N–H and O–H groups in total. The van der Waals surface area contributed by atoms with Crippen molar-refractivity contribution in [3.8, 4) is 0 Å². The van der Waals surface area contributed by atoms with Gasteiger partial charge in [0.25, 0.3) is 0 Å². The van der Waals surface area contributed by atoms with Crippen molar-refractivity contribution in [2.45, 2.75) is 70.4 Å². The Labute approximate surface area is 164 Å². The molecule has 4 heteroatoms. The van der Waals surface area contributed by atoms with Crippen LogP contribution < -0.4 is 4.90 Å². The average Bonchev–Trinajstić information content (AvgIpc) is 2.65. The quantitative estimate of drug-likeness (QED) is 0.703. The molecule has 0 atom stereocenters. The molecule has 4 nitrogen and oxygen atoms in total. The molecular formula is C23H36N2O2. The Bertz CT molecular complexity index is 575. The molecule has 0 unspecified atom stereocenters. The van der Waals surface area contributed by atoms with Gasteiger partial charge in [-0.3, -0.25) is 4.90 Å². The van der Waals surface area contributed by atoms with Crippen LogP contribution in [0.2, 0.25) is 0 Å². The van der Waals surface area contributed by atoms with Gasteiger partial charge in [0, 0.05) is 19.3 Å². The maximum absolute atomic E-state index is 12.2. The first kappa shape index (κ1) is 20.2. The highest BCUT2D eigenvalue weighted by atomic mass is 16.6. The van der Waals surface area contributed by atoms with Gasteiger partial charge in [0.2, 0.25) is 0 Å². The van der Waals surface area contributed by atoms with Crippen LogP contribution in [0.15, 0.2) is 24.3 Å². The summed E-state index contributed by atoms with van der Waals surface area (Å²) in [7, 11) is 5.86. The van der Waals surface area contributed by atoms with Crippen molar-refractivity contribution in [2.24, 2.45) is 11.8 Å². The SMILES string of the molecule is C1CC2CCC12.CN(C)Cc1ccc(N(C)C(=O)OC2CCCCC2)cc1. The van der Waals surface area contributed by atoms with Crippen LogP contribution in [-0.2, 0) is 11.3 Å². The van der Waals surface area contributed by atoms with Gasteiger partial charge in [-0.2, -0.15) is 0 Å². The zero-order valence-corrected chi connectivity index (χ0v) is 17.3. The van der Waals surface area contributed by atoms with E-state index in [2.05, 4.69) is 17.0 Å². The second-order valence-electron chi connectivity index (χ2n) is 8.78. The lowest BCUT2D eigenvalue weighted by Gasteiger charge is -2.46. The van der Waals surface area contributed by atoms with E-state index in [9.17, 15) is 4.79 Å². The Kier molecular flexibility index (Phi) is 7.17. The first-order chi connectivity index (χ1) is 13.0. The van der Waals surface area contributed by atoms with Crippen LogP contribution in [0.4, 0.5) is 10.5 Å². The van der Waals surface area contributed by atoms with Gasteiger partial charge in [-0.25, -0.2) is 4.79 Å². The van der Waals surface area contributed by atoms with E-state index in [-0.39, 0.29) is 12.2 Å². The molecule has 0 spiro atoms. The molecule has 3 aliphatic carbocycles. The lowest BCUT2D eigenvalue weighted by Crippen LogP contribution is -2.34. The molecule has 3 saturated carbocycles. The number of carbonyl (C=O) groups excluding carboxylic acids is 1. The number of nitrogens with zero attached hydrogens (tertiary/aromatic N) is 2. The maximum atomic E-state index is 12.2. The van der Waals surface area contributed by atoms with Gasteiger partial charge in [-0.15, -0.1) is 0 Å². The molecule has 0 radical (unpaired) electrons. The van der Waals surface area contributed by atoms with Gasteiger partial charge in [0.15, 0.2) is 0 Å². The summed E-state index contributed by atoms with van der Waals surface area (Å²) < 4.78 is 5.58. The summed E-state index contributed by atoms with van der Waals surface area (Å²) in [6.07, 6.45) is 11.7. The normalized spacial score (nSPS) is 24.0. The number of rotatable bonds is 4.